The van der Waals surface area contributed by atoms with Crippen LogP contribution in [0.5, 0.6) is 0 Å². The second-order valence-corrected chi connectivity index (χ2v) is 4.22. The molecule has 1 fully saturated rings. The number of Topliss-reactive ketones (excluding diaryl/α,β-unsaturated/α-hetero) is 1. The number of ketones is 1. The summed E-state index contributed by atoms with van der Waals surface area (Å²) in [6, 6.07) is 0. The molecule has 0 aromatic rings. The van der Waals surface area contributed by atoms with Crippen LogP contribution in [0, 0.1) is 5.92 Å². The molecule has 0 aliphatic carbocycles. The Morgan fingerprint density at radius 1 is 1.20 bits per heavy atom. The van der Waals surface area contributed by atoms with Gasteiger partial charge in [0.05, 0.1) is 0 Å². The largest absolute Gasteiger partial charge is 0.343 e. The van der Waals surface area contributed by atoms with E-state index < -0.39 is 0 Å². The predicted octanol–water partition coefficient (Wildman–Crippen LogP) is 2.00. The highest BCUT2D eigenvalue weighted by Crippen LogP contribution is 2.19. The van der Waals surface area contributed by atoms with Gasteiger partial charge in [0.1, 0.15) is 5.78 Å². The first kappa shape index (κ1) is 12.2. The molecule has 1 saturated heterocycles. The van der Waals surface area contributed by atoms with Crippen LogP contribution < -0.4 is 0 Å². The maximum Gasteiger partial charge on any atom is 0.222 e. The molecule has 0 saturated carbocycles. The lowest BCUT2D eigenvalue weighted by molar-refractivity contribution is -0.135. The van der Waals surface area contributed by atoms with Crippen LogP contribution in [0.15, 0.2) is 0 Å². The lowest BCUT2D eigenvalue weighted by atomic mass is 9.91. The maximum absolute atomic E-state index is 11.6. The van der Waals surface area contributed by atoms with Gasteiger partial charge < -0.3 is 4.90 Å². The third-order valence-electron chi connectivity index (χ3n) is 3.12. The summed E-state index contributed by atoms with van der Waals surface area (Å²) in [5.74, 6) is 0.818. The van der Waals surface area contributed by atoms with Gasteiger partial charge in [-0.15, -0.1) is 0 Å². The van der Waals surface area contributed by atoms with Gasteiger partial charge in [0.15, 0.2) is 0 Å². The van der Waals surface area contributed by atoms with E-state index in [0.717, 1.165) is 32.4 Å². The minimum absolute atomic E-state index is 0.209. The van der Waals surface area contributed by atoms with E-state index in [1.54, 1.807) is 0 Å². The highest BCUT2D eigenvalue weighted by atomic mass is 16.2. The summed E-state index contributed by atoms with van der Waals surface area (Å²) in [7, 11) is 0. The van der Waals surface area contributed by atoms with Gasteiger partial charge in [0, 0.05) is 31.8 Å². The number of hydrogen-bond donors (Lipinski definition) is 0. The lowest BCUT2D eigenvalue weighted by Gasteiger charge is -2.31. The van der Waals surface area contributed by atoms with Crippen molar-refractivity contribution >= 4 is 11.7 Å². The van der Waals surface area contributed by atoms with Crippen molar-refractivity contribution in [3.8, 4) is 0 Å². The second-order valence-electron chi connectivity index (χ2n) is 4.22. The van der Waals surface area contributed by atoms with Gasteiger partial charge in [0.25, 0.3) is 0 Å². The molecule has 1 aliphatic heterocycles. The van der Waals surface area contributed by atoms with Crippen LogP contribution in [0.3, 0.4) is 0 Å². The molecule has 1 aliphatic rings. The Balaban J connectivity index is 2.35. The average Bonchev–Trinajstić information content (AvgIpc) is 2.28. The van der Waals surface area contributed by atoms with Crippen molar-refractivity contribution in [2.24, 2.45) is 5.92 Å². The summed E-state index contributed by atoms with van der Waals surface area (Å²) in [5.41, 5.74) is 0. The van der Waals surface area contributed by atoms with Crippen LogP contribution in [-0.2, 0) is 9.59 Å². The average molecular weight is 211 g/mol. The van der Waals surface area contributed by atoms with Crippen molar-refractivity contribution in [2.75, 3.05) is 13.1 Å². The van der Waals surface area contributed by atoms with Gasteiger partial charge in [-0.05, 0) is 19.3 Å². The fourth-order valence-corrected chi connectivity index (χ4v) is 2.11. The molecule has 0 atom stereocenters. The van der Waals surface area contributed by atoms with Crippen molar-refractivity contribution in [3.05, 3.63) is 0 Å². The zero-order valence-corrected chi connectivity index (χ0v) is 9.79. The molecule has 0 N–H and O–H groups in total. The Labute approximate surface area is 91.8 Å². The zero-order valence-electron chi connectivity index (χ0n) is 9.79. The molecule has 1 heterocycles. The second kappa shape index (κ2) is 5.89. The van der Waals surface area contributed by atoms with Gasteiger partial charge in [-0.2, -0.15) is 0 Å². The molecule has 0 aromatic carbocycles. The predicted molar refractivity (Wildman–Crippen MR) is 59.5 cm³/mol. The van der Waals surface area contributed by atoms with Crippen LogP contribution in [0.25, 0.3) is 0 Å². The number of hydrogen-bond acceptors (Lipinski definition) is 2. The fraction of sp³-hybridized carbons (Fsp3) is 0.833. The molecule has 0 spiro atoms. The fourth-order valence-electron chi connectivity index (χ4n) is 2.11. The van der Waals surface area contributed by atoms with Gasteiger partial charge in [-0.25, -0.2) is 0 Å². The third kappa shape index (κ3) is 3.33. The number of rotatable bonds is 4. The topological polar surface area (TPSA) is 37.4 Å². The molecule has 1 amide bonds. The van der Waals surface area contributed by atoms with Crippen LogP contribution in [0.2, 0.25) is 0 Å². The zero-order chi connectivity index (χ0) is 11.3. The molecule has 0 radical (unpaired) electrons. The first-order chi connectivity index (χ1) is 7.19. The summed E-state index contributed by atoms with van der Waals surface area (Å²) in [5, 5.41) is 0. The Morgan fingerprint density at radius 2 is 1.80 bits per heavy atom. The van der Waals surface area contributed by atoms with Crippen molar-refractivity contribution in [2.45, 2.75) is 46.0 Å². The smallest absolute Gasteiger partial charge is 0.222 e. The van der Waals surface area contributed by atoms with Crippen molar-refractivity contribution in [1.29, 1.82) is 0 Å². The third-order valence-corrected chi connectivity index (χ3v) is 3.12. The molecule has 15 heavy (non-hydrogen) atoms. The summed E-state index contributed by atoms with van der Waals surface area (Å²) in [6.45, 7) is 5.48. The number of amides is 1. The monoisotopic (exact) mass is 211 g/mol. The number of carbonyl (C=O) groups is 2. The quantitative estimate of drug-likeness (QED) is 0.713. The van der Waals surface area contributed by atoms with Crippen LogP contribution in [-0.4, -0.2) is 29.7 Å². The number of likely N-dealkylation sites (tertiary alicyclic amines) is 1. The van der Waals surface area contributed by atoms with Gasteiger partial charge in [-0.3, -0.25) is 9.59 Å². The van der Waals surface area contributed by atoms with Crippen molar-refractivity contribution in [3.63, 3.8) is 0 Å². The first-order valence-corrected chi connectivity index (χ1v) is 5.99. The number of carbonyl (C=O) groups excluding carboxylic acids is 2. The summed E-state index contributed by atoms with van der Waals surface area (Å²) in [4.78, 5) is 25.0. The highest BCUT2D eigenvalue weighted by molar-refractivity contribution is 5.81. The molecule has 3 heteroatoms. The van der Waals surface area contributed by atoms with E-state index >= 15 is 0 Å². The number of nitrogens with zero attached hydrogens (tertiary/aromatic N) is 1. The lowest BCUT2D eigenvalue weighted by Crippen LogP contribution is -2.40. The number of piperidine rings is 1. The van der Waals surface area contributed by atoms with E-state index in [4.69, 9.17) is 0 Å². The minimum atomic E-state index is 0.209. The van der Waals surface area contributed by atoms with Crippen molar-refractivity contribution in [1.82, 2.24) is 4.90 Å². The Bertz CT molecular complexity index is 230. The Morgan fingerprint density at radius 3 is 2.27 bits per heavy atom. The van der Waals surface area contributed by atoms with E-state index in [-0.39, 0.29) is 11.8 Å². The van der Waals surface area contributed by atoms with E-state index in [0.29, 0.717) is 18.6 Å². The Hall–Kier alpha value is -0.860. The van der Waals surface area contributed by atoms with E-state index in [9.17, 15) is 9.59 Å². The van der Waals surface area contributed by atoms with Crippen molar-refractivity contribution < 1.29 is 9.59 Å². The molecule has 0 unspecified atom stereocenters. The summed E-state index contributed by atoms with van der Waals surface area (Å²) >= 11 is 0. The molecule has 0 aromatic heterocycles. The first-order valence-electron chi connectivity index (χ1n) is 5.99. The summed E-state index contributed by atoms with van der Waals surface area (Å²) in [6.07, 6.45) is 3.91. The van der Waals surface area contributed by atoms with Crippen LogP contribution >= 0.6 is 0 Å². The normalized spacial score (nSPS) is 17.9. The Kier molecular flexibility index (Phi) is 4.79. The highest BCUT2D eigenvalue weighted by Gasteiger charge is 2.25. The SMILES string of the molecule is CCCC(=O)N1CCC(C(=O)CC)CC1. The van der Waals surface area contributed by atoms with Crippen LogP contribution in [0.4, 0.5) is 0 Å². The molecule has 1 rings (SSSR count). The molecular weight excluding hydrogens is 190 g/mol. The van der Waals surface area contributed by atoms with Gasteiger partial charge in [-0.1, -0.05) is 13.8 Å². The van der Waals surface area contributed by atoms with Gasteiger partial charge >= 0.3 is 0 Å². The summed E-state index contributed by atoms with van der Waals surface area (Å²) < 4.78 is 0. The molecule has 3 nitrogen and oxygen atoms in total. The molecule has 0 bridgehead atoms. The van der Waals surface area contributed by atoms with Gasteiger partial charge in [0.2, 0.25) is 5.91 Å². The van der Waals surface area contributed by atoms with E-state index in [1.807, 2.05) is 18.7 Å². The van der Waals surface area contributed by atoms with E-state index in [2.05, 4.69) is 0 Å². The van der Waals surface area contributed by atoms with Crippen LogP contribution in [0.1, 0.15) is 46.0 Å². The minimum Gasteiger partial charge on any atom is -0.343 e. The standard InChI is InChI=1S/C12H21NO2/c1-3-5-12(15)13-8-6-10(7-9-13)11(14)4-2/h10H,3-9H2,1-2H3. The molecular formula is C12H21NO2. The maximum atomic E-state index is 11.6. The van der Waals surface area contributed by atoms with E-state index in [1.165, 1.54) is 0 Å². The molecule has 86 valence electrons.